The number of hydrogen-bond acceptors (Lipinski definition) is 5. The van der Waals surface area contributed by atoms with Crippen LogP contribution in [0.1, 0.15) is 26.3 Å². The largest absolute Gasteiger partial charge is 0.465 e. The van der Waals surface area contributed by atoms with Crippen molar-refractivity contribution in [3.8, 4) is 0 Å². The van der Waals surface area contributed by atoms with Gasteiger partial charge in [-0.2, -0.15) is 0 Å². The maximum atomic E-state index is 12.2. The summed E-state index contributed by atoms with van der Waals surface area (Å²) in [5, 5.41) is 3.28. The highest BCUT2D eigenvalue weighted by Crippen LogP contribution is 2.27. The molecule has 3 aromatic rings. The van der Waals surface area contributed by atoms with Crippen molar-refractivity contribution in [3.05, 3.63) is 59.2 Å². The molecule has 1 amide bonds. The average molecular weight is 326 g/mol. The number of benzene rings is 2. The number of esters is 1. The highest BCUT2D eigenvalue weighted by atomic mass is 32.1. The molecule has 0 unspecified atom stereocenters. The van der Waals surface area contributed by atoms with E-state index in [0.29, 0.717) is 16.3 Å². The van der Waals surface area contributed by atoms with Crippen molar-refractivity contribution in [2.45, 2.75) is 6.92 Å². The number of aryl methyl sites for hydroxylation is 1. The SMILES string of the molecule is COC(=O)c1ccc2nc(NC(=O)c3cccc(C)c3)sc2c1. The van der Waals surface area contributed by atoms with Gasteiger partial charge in [-0.15, -0.1) is 0 Å². The Morgan fingerprint density at radius 2 is 1.96 bits per heavy atom. The van der Waals surface area contributed by atoms with Crippen molar-refractivity contribution >= 4 is 38.6 Å². The van der Waals surface area contributed by atoms with Crippen LogP contribution in [0.5, 0.6) is 0 Å². The number of aromatic nitrogens is 1. The lowest BCUT2D eigenvalue weighted by molar-refractivity contribution is 0.0601. The first-order valence-electron chi connectivity index (χ1n) is 6.94. The Morgan fingerprint density at radius 3 is 2.70 bits per heavy atom. The van der Waals surface area contributed by atoms with Crippen LogP contribution < -0.4 is 5.32 Å². The number of anilines is 1. The van der Waals surface area contributed by atoms with E-state index >= 15 is 0 Å². The normalized spacial score (nSPS) is 10.5. The van der Waals surface area contributed by atoms with E-state index in [9.17, 15) is 9.59 Å². The summed E-state index contributed by atoms with van der Waals surface area (Å²) < 4.78 is 5.51. The van der Waals surface area contributed by atoms with Crippen LogP contribution >= 0.6 is 11.3 Å². The van der Waals surface area contributed by atoms with Gasteiger partial charge in [-0.25, -0.2) is 9.78 Å². The van der Waals surface area contributed by atoms with Crippen LogP contribution in [0.2, 0.25) is 0 Å². The van der Waals surface area contributed by atoms with E-state index < -0.39 is 5.97 Å². The molecule has 1 heterocycles. The smallest absolute Gasteiger partial charge is 0.337 e. The number of amides is 1. The first-order valence-corrected chi connectivity index (χ1v) is 7.75. The second-order valence-corrected chi connectivity index (χ2v) is 6.05. The molecule has 6 heteroatoms. The molecule has 0 fully saturated rings. The Morgan fingerprint density at radius 1 is 1.13 bits per heavy atom. The number of thiazole rings is 1. The third-order valence-electron chi connectivity index (χ3n) is 3.31. The van der Waals surface area contributed by atoms with Gasteiger partial charge in [0, 0.05) is 5.56 Å². The van der Waals surface area contributed by atoms with Crippen LogP contribution in [-0.4, -0.2) is 24.0 Å². The zero-order chi connectivity index (χ0) is 16.4. The molecule has 116 valence electrons. The molecular formula is C17H14N2O3S. The lowest BCUT2D eigenvalue weighted by atomic mass is 10.1. The number of carbonyl (C=O) groups excluding carboxylic acids is 2. The number of ether oxygens (including phenoxy) is 1. The summed E-state index contributed by atoms with van der Waals surface area (Å²) in [6, 6.07) is 12.4. The summed E-state index contributed by atoms with van der Waals surface area (Å²) in [6.45, 7) is 1.93. The van der Waals surface area contributed by atoms with E-state index in [1.807, 2.05) is 25.1 Å². The number of nitrogens with zero attached hydrogens (tertiary/aromatic N) is 1. The molecule has 0 aliphatic rings. The summed E-state index contributed by atoms with van der Waals surface area (Å²) in [6.07, 6.45) is 0. The van der Waals surface area contributed by atoms with E-state index in [1.165, 1.54) is 18.4 Å². The quantitative estimate of drug-likeness (QED) is 0.746. The Kier molecular flexibility index (Phi) is 4.08. The Hall–Kier alpha value is -2.73. The summed E-state index contributed by atoms with van der Waals surface area (Å²) in [5.74, 6) is -0.605. The first-order chi connectivity index (χ1) is 11.1. The van der Waals surface area contributed by atoms with Gasteiger partial charge in [0.25, 0.3) is 5.91 Å². The highest BCUT2D eigenvalue weighted by Gasteiger charge is 2.12. The van der Waals surface area contributed by atoms with Crippen molar-refractivity contribution in [1.29, 1.82) is 0 Å². The predicted octanol–water partition coefficient (Wildman–Crippen LogP) is 3.64. The lowest BCUT2D eigenvalue weighted by Gasteiger charge is -2.02. The van der Waals surface area contributed by atoms with Crippen molar-refractivity contribution in [2.75, 3.05) is 12.4 Å². The number of nitrogens with one attached hydrogen (secondary N) is 1. The number of rotatable bonds is 3. The lowest BCUT2D eigenvalue weighted by Crippen LogP contribution is -2.11. The van der Waals surface area contributed by atoms with Crippen molar-refractivity contribution in [3.63, 3.8) is 0 Å². The molecule has 0 aliphatic heterocycles. The molecular weight excluding hydrogens is 312 g/mol. The minimum Gasteiger partial charge on any atom is -0.465 e. The van der Waals surface area contributed by atoms with E-state index in [-0.39, 0.29) is 5.91 Å². The minimum atomic E-state index is -0.398. The molecule has 0 spiro atoms. The number of hydrogen-bond donors (Lipinski definition) is 1. The summed E-state index contributed by atoms with van der Waals surface area (Å²) in [5.41, 5.74) is 2.78. The van der Waals surface area contributed by atoms with Gasteiger partial charge in [0.05, 0.1) is 22.9 Å². The Balaban J connectivity index is 1.86. The summed E-state index contributed by atoms with van der Waals surface area (Å²) in [4.78, 5) is 28.2. The predicted molar refractivity (Wildman–Crippen MR) is 90.1 cm³/mol. The monoisotopic (exact) mass is 326 g/mol. The van der Waals surface area contributed by atoms with Gasteiger partial charge in [-0.05, 0) is 37.3 Å². The van der Waals surface area contributed by atoms with Crippen molar-refractivity contribution < 1.29 is 14.3 Å². The number of fused-ring (bicyclic) bond motifs is 1. The van der Waals surface area contributed by atoms with E-state index in [4.69, 9.17) is 4.74 Å². The number of methoxy groups -OCH3 is 1. The molecule has 0 radical (unpaired) electrons. The molecule has 23 heavy (non-hydrogen) atoms. The molecule has 1 aromatic heterocycles. The zero-order valence-electron chi connectivity index (χ0n) is 12.6. The van der Waals surface area contributed by atoms with Crippen LogP contribution in [-0.2, 0) is 4.74 Å². The standard InChI is InChI=1S/C17H14N2O3S/c1-10-4-3-5-11(8-10)15(20)19-17-18-13-7-6-12(16(21)22-2)9-14(13)23-17/h3-9H,1-2H3,(H,18,19,20). The van der Waals surface area contributed by atoms with Crippen LogP contribution in [0.3, 0.4) is 0 Å². The zero-order valence-corrected chi connectivity index (χ0v) is 13.4. The molecule has 0 saturated carbocycles. The van der Waals surface area contributed by atoms with Crippen molar-refractivity contribution in [2.24, 2.45) is 0 Å². The van der Waals surface area contributed by atoms with Crippen LogP contribution in [0.15, 0.2) is 42.5 Å². The molecule has 0 aliphatic carbocycles. The van der Waals surface area contributed by atoms with Crippen LogP contribution in [0.4, 0.5) is 5.13 Å². The van der Waals surface area contributed by atoms with Gasteiger partial charge in [-0.3, -0.25) is 10.1 Å². The fourth-order valence-electron chi connectivity index (χ4n) is 2.18. The van der Waals surface area contributed by atoms with Gasteiger partial charge in [0.2, 0.25) is 0 Å². The summed E-state index contributed by atoms with van der Waals surface area (Å²) >= 11 is 1.32. The Bertz CT molecular complexity index is 902. The highest BCUT2D eigenvalue weighted by molar-refractivity contribution is 7.22. The molecule has 3 rings (SSSR count). The molecule has 0 bridgehead atoms. The van der Waals surface area contributed by atoms with E-state index in [2.05, 4.69) is 10.3 Å². The maximum absolute atomic E-state index is 12.2. The summed E-state index contributed by atoms with van der Waals surface area (Å²) in [7, 11) is 1.34. The third-order valence-corrected chi connectivity index (χ3v) is 4.24. The third kappa shape index (κ3) is 3.22. The first kappa shape index (κ1) is 15.2. The molecule has 5 nitrogen and oxygen atoms in total. The molecule has 0 saturated heterocycles. The van der Waals surface area contributed by atoms with Gasteiger partial charge >= 0.3 is 5.97 Å². The van der Waals surface area contributed by atoms with Crippen LogP contribution in [0, 0.1) is 6.92 Å². The fraction of sp³-hybridized carbons (Fsp3) is 0.118. The number of carbonyl (C=O) groups is 2. The van der Waals surface area contributed by atoms with Gasteiger partial charge < -0.3 is 4.74 Å². The van der Waals surface area contributed by atoms with Gasteiger partial charge in [0.15, 0.2) is 5.13 Å². The topological polar surface area (TPSA) is 68.3 Å². The van der Waals surface area contributed by atoms with Crippen LogP contribution in [0.25, 0.3) is 10.2 Å². The molecule has 0 atom stereocenters. The van der Waals surface area contributed by atoms with Gasteiger partial charge in [-0.1, -0.05) is 29.0 Å². The fourth-order valence-corrected chi connectivity index (χ4v) is 3.08. The van der Waals surface area contributed by atoms with E-state index in [0.717, 1.165) is 15.8 Å². The van der Waals surface area contributed by atoms with E-state index in [1.54, 1.807) is 24.3 Å². The molecule has 1 N–H and O–H groups in total. The average Bonchev–Trinajstić information content (AvgIpc) is 2.95. The van der Waals surface area contributed by atoms with Crippen molar-refractivity contribution in [1.82, 2.24) is 4.98 Å². The second kappa shape index (κ2) is 6.18. The van der Waals surface area contributed by atoms with Gasteiger partial charge in [0.1, 0.15) is 0 Å². The molecule has 2 aromatic carbocycles. The maximum Gasteiger partial charge on any atom is 0.337 e. The minimum absolute atomic E-state index is 0.207. The Labute approximate surface area is 136 Å². The second-order valence-electron chi connectivity index (χ2n) is 5.02.